The van der Waals surface area contributed by atoms with Gasteiger partial charge >= 0.3 is 0 Å². The van der Waals surface area contributed by atoms with Crippen molar-refractivity contribution in [3.05, 3.63) is 29.8 Å². The highest BCUT2D eigenvalue weighted by molar-refractivity contribution is 5.43. The van der Waals surface area contributed by atoms with Crippen LogP contribution in [0.2, 0.25) is 0 Å². The van der Waals surface area contributed by atoms with Gasteiger partial charge in [0.1, 0.15) is 0 Å². The lowest BCUT2D eigenvalue weighted by atomic mass is 9.87. The van der Waals surface area contributed by atoms with E-state index in [4.69, 9.17) is 10.5 Å². The molecule has 2 fully saturated rings. The average Bonchev–Trinajstić information content (AvgIpc) is 3.14. The minimum atomic E-state index is 0.379. The van der Waals surface area contributed by atoms with E-state index in [0.717, 1.165) is 18.8 Å². The second-order valence-electron chi connectivity index (χ2n) is 6.03. The topological polar surface area (TPSA) is 47.3 Å². The van der Waals surface area contributed by atoms with Crippen LogP contribution in [-0.4, -0.2) is 25.3 Å². The zero-order chi connectivity index (χ0) is 13.3. The third-order valence-electron chi connectivity index (χ3n) is 4.60. The lowest BCUT2D eigenvalue weighted by Crippen LogP contribution is -2.47. The van der Waals surface area contributed by atoms with E-state index >= 15 is 0 Å². The lowest BCUT2D eigenvalue weighted by Gasteiger charge is -2.36. The summed E-state index contributed by atoms with van der Waals surface area (Å²) in [5, 5.41) is 3.71. The highest BCUT2D eigenvalue weighted by Crippen LogP contribution is 2.48. The maximum absolute atomic E-state index is 5.76. The summed E-state index contributed by atoms with van der Waals surface area (Å²) in [6.07, 6.45) is 5.43. The molecular formula is C16H24N2O. The largest absolute Gasteiger partial charge is 0.399 e. The number of hydrogen-bond donors (Lipinski definition) is 2. The molecule has 3 nitrogen and oxygen atoms in total. The SMILES string of the molecule is CCOC1CC(NCC2(c3ccc(N)cc3)CC2)C1. The van der Waals surface area contributed by atoms with Crippen LogP contribution in [0, 0.1) is 0 Å². The van der Waals surface area contributed by atoms with Crippen LogP contribution < -0.4 is 11.1 Å². The molecule has 1 aromatic carbocycles. The summed E-state index contributed by atoms with van der Waals surface area (Å²) in [5.74, 6) is 0. The van der Waals surface area contributed by atoms with Gasteiger partial charge in [-0.25, -0.2) is 0 Å². The molecule has 104 valence electrons. The van der Waals surface area contributed by atoms with Gasteiger partial charge in [-0.15, -0.1) is 0 Å². The van der Waals surface area contributed by atoms with Crippen molar-refractivity contribution >= 4 is 5.69 Å². The van der Waals surface area contributed by atoms with Gasteiger partial charge in [-0.2, -0.15) is 0 Å². The van der Waals surface area contributed by atoms with Crippen molar-refractivity contribution in [2.45, 2.75) is 50.2 Å². The first-order valence-electron chi connectivity index (χ1n) is 7.43. The van der Waals surface area contributed by atoms with Gasteiger partial charge in [0.2, 0.25) is 0 Å². The van der Waals surface area contributed by atoms with Crippen molar-refractivity contribution in [2.75, 3.05) is 18.9 Å². The molecule has 0 amide bonds. The van der Waals surface area contributed by atoms with Gasteiger partial charge in [0.25, 0.3) is 0 Å². The van der Waals surface area contributed by atoms with Crippen LogP contribution in [0.4, 0.5) is 5.69 Å². The number of ether oxygens (including phenoxy) is 1. The van der Waals surface area contributed by atoms with Crippen LogP contribution in [-0.2, 0) is 10.2 Å². The number of nitrogens with two attached hydrogens (primary N) is 1. The fourth-order valence-electron chi connectivity index (χ4n) is 3.00. The Labute approximate surface area is 115 Å². The summed E-state index contributed by atoms with van der Waals surface area (Å²) in [7, 11) is 0. The van der Waals surface area contributed by atoms with Crippen LogP contribution in [0.1, 0.15) is 38.2 Å². The molecule has 0 aromatic heterocycles. The monoisotopic (exact) mass is 260 g/mol. The van der Waals surface area contributed by atoms with Gasteiger partial charge < -0.3 is 15.8 Å². The molecule has 0 unspecified atom stereocenters. The van der Waals surface area contributed by atoms with E-state index in [9.17, 15) is 0 Å². The number of rotatable bonds is 6. The van der Waals surface area contributed by atoms with Crippen LogP contribution in [0.25, 0.3) is 0 Å². The normalized spacial score (nSPS) is 27.8. The molecule has 0 bridgehead atoms. The van der Waals surface area contributed by atoms with Gasteiger partial charge in [0, 0.05) is 30.3 Å². The fraction of sp³-hybridized carbons (Fsp3) is 0.625. The smallest absolute Gasteiger partial charge is 0.0604 e. The summed E-state index contributed by atoms with van der Waals surface area (Å²) in [6, 6.07) is 9.07. The number of anilines is 1. The Bertz CT molecular complexity index is 419. The zero-order valence-electron chi connectivity index (χ0n) is 11.7. The van der Waals surface area contributed by atoms with E-state index in [1.165, 1.54) is 31.2 Å². The Morgan fingerprint density at radius 2 is 1.95 bits per heavy atom. The molecule has 0 spiro atoms. The van der Waals surface area contributed by atoms with Crippen molar-refractivity contribution < 1.29 is 4.74 Å². The Hall–Kier alpha value is -1.06. The van der Waals surface area contributed by atoms with Crippen molar-refractivity contribution in [2.24, 2.45) is 0 Å². The van der Waals surface area contributed by atoms with Gasteiger partial charge in [-0.3, -0.25) is 0 Å². The molecule has 0 heterocycles. The summed E-state index contributed by atoms with van der Waals surface area (Å²) < 4.78 is 5.60. The molecule has 3 rings (SSSR count). The average molecular weight is 260 g/mol. The van der Waals surface area contributed by atoms with E-state index < -0.39 is 0 Å². The van der Waals surface area contributed by atoms with E-state index in [-0.39, 0.29) is 0 Å². The van der Waals surface area contributed by atoms with Crippen LogP contribution >= 0.6 is 0 Å². The predicted octanol–water partition coefficient (Wildman–Crippen LogP) is 2.46. The van der Waals surface area contributed by atoms with Crippen molar-refractivity contribution in [3.63, 3.8) is 0 Å². The molecule has 3 heteroatoms. The molecule has 19 heavy (non-hydrogen) atoms. The first kappa shape index (κ1) is 12.9. The molecule has 0 atom stereocenters. The molecule has 2 saturated carbocycles. The number of hydrogen-bond acceptors (Lipinski definition) is 3. The third kappa shape index (κ3) is 2.77. The zero-order valence-corrected chi connectivity index (χ0v) is 11.7. The number of nitrogen functional groups attached to an aromatic ring is 1. The molecular weight excluding hydrogens is 236 g/mol. The van der Waals surface area contributed by atoms with E-state index in [0.29, 0.717) is 17.6 Å². The standard InChI is InChI=1S/C16H24N2O/c1-2-19-15-9-14(10-15)18-11-16(7-8-16)12-3-5-13(17)6-4-12/h3-6,14-15,18H,2,7-11,17H2,1H3. The first-order chi connectivity index (χ1) is 9.22. The molecule has 1 aromatic rings. The molecule has 3 N–H and O–H groups in total. The minimum absolute atomic E-state index is 0.379. The summed E-state index contributed by atoms with van der Waals surface area (Å²) in [6.45, 7) is 4.01. The maximum Gasteiger partial charge on any atom is 0.0604 e. The highest BCUT2D eigenvalue weighted by atomic mass is 16.5. The van der Waals surface area contributed by atoms with Crippen LogP contribution in [0.5, 0.6) is 0 Å². The van der Waals surface area contributed by atoms with Crippen molar-refractivity contribution in [1.82, 2.24) is 5.32 Å². The first-order valence-corrected chi connectivity index (χ1v) is 7.43. The lowest BCUT2D eigenvalue weighted by molar-refractivity contribution is -0.0102. The molecule has 0 saturated heterocycles. The van der Waals surface area contributed by atoms with Gasteiger partial charge in [-0.05, 0) is 50.3 Å². The van der Waals surface area contributed by atoms with E-state index in [1.54, 1.807) is 0 Å². The van der Waals surface area contributed by atoms with Gasteiger partial charge in [0.05, 0.1) is 6.10 Å². The maximum atomic E-state index is 5.76. The Kier molecular flexibility index (Phi) is 3.50. The van der Waals surface area contributed by atoms with Gasteiger partial charge in [-0.1, -0.05) is 12.1 Å². The molecule has 0 aliphatic heterocycles. The van der Waals surface area contributed by atoms with E-state index in [2.05, 4.69) is 24.4 Å². The minimum Gasteiger partial charge on any atom is -0.399 e. The van der Waals surface area contributed by atoms with Gasteiger partial charge in [0.15, 0.2) is 0 Å². The fourth-order valence-corrected chi connectivity index (χ4v) is 3.00. The second kappa shape index (κ2) is 5.14. The Morgan fingerprint density at radius 3 is 2.53 bits per heavy atom. The highest BCUT2D eigenvalue weighted by Gasteiger charge is 2.44. The van der Waals surface area contributed by atoms with Crippen molar-refractivity contribution in [3.8, 4) is 0 Å². The quantitative estimate of drug-likeness (QED) is 0.772. The van der Waals surface area contributed by atoms with Crippen LogP contribution in [0.15, 0.2) is 24.3 Å². The summed E-state index contributed by atoms with van der Waals surface area (Å²) in [4.78, 5) is 0. The second-order valence-corrected chi connectivity index (χ2v) is 6.03. The number of nitrogens with one attached hydrogen (secondary N) is 1. The summed E-state index contributed by atoms with van der Waals surface area (Å²) in [5.41, 5.74) is 8.43. The predicted molar refractivity (Wildman–Crippen MR) is 78.2 cm³/mol. The molecule has 2 aliphatic carbocycles. The number of benzene rings is 1. The van der Waals surface area contributed by atoms with E-state index in [1.807, 2.05) is 12.1 Å². The Balaban J connectivity index is 1.49. The molecule has 0 radical (unpaired) electrons. The van der Waals surface area contributed by atoms with Crippen LogP contribution in [0.3, 0.4) is 0 Å². The third-order valence-corrected chi connectivity index (χ3v) is 4.60. The molecule has 2 aliphatic rings. The van der Waals surface area contributed by atoms with Crippen molar-refractivity contribution in [1.29, 1.82) is 0 Å². The summed E-state index contributed by atoms with van der Waals surface area (Å²) >= 11 is 0. The Morgan fingerprint density at radius 1 is 1.26 bits per heavy atom.